The van der Waals surface area contributed by atoms with Gasteiger partial charge in [0.05, 0.1) is 12.1 Å². The van der Waals surface area contributed by atoms with Crippen LogP contribution in [0.3, 0.4) is 0 Å². The van der Waals surface area contributed by atoms with Crippen LogP contribution in [0.25, 0.3) is 0 Å². The highest BCUT2D eigenvalue weighted by molar-refractivity contribution is 5.68. The van der Waals surface area contributed by atoms with E-state index >= 15 is 0 Å². The summed E-state index contributed by atoms with van der Waals surface area (Å²) in [5, 5.41) is 26.2. The van der Waals surface area contributed by atoms with Crippen LogP contribution in [0.4, 0.5) is 5.82 Å². The molecule has 102 valence electrons. The average Bonchev–Trinajstić information content (AvgIpc) is 2.33. The Labute approximate surface area is 112 Å². The highest BCUT2D eigenvalue weighted by atomic mass is 16.4. The molecule has 19 heavy (non-hydrogen) atoms. The summed E-state index contributed by atoms with van der Waals surface area (Å²) in [6.07, 6.45) is -0.00233. The fourth-order valence-corrected chi connectivity index (χ4v) is 1.76. The number of carboxylic acids is 1. The van der Waals surface area contributed by atoms with Crippen molar-refractivity contribution >= 4 is 11.8 Å². The number of hydrogen-bond acceptors (Lipinski definition) is 5. The van der Waals surface area contributed by atoms with E-state index in [4.69, 9.17) is 5.11 Å². The molecular weight excluding hydrogens is 244 g/mol. The molecule has 0 aliphatic heterocycles. The zero-order chi connectivity index (χ0) is 14.6. The zero-order valence-corrected chi connectivity index (χ0v) is 11.6. The third-order valence-electron chi connectivity index (χ3n) is 3.01. The smallest absolute Gasteiger partial charge is 0.305 e. The SMILES string of the molecule is Cc1nnc(N(CCC(=O)O)C(C)C)c(C#N)c1C. The molecule has 0 aliphatic carbocycles. The first kappa shape index (κ1) is 14.9. The van der Waals surface area contributed by atoms with Gasteiger partial charge < -0.3 is 10.0 Å². The number of aliphatic carboxylic acids is 1. The van der Waals surface area contributed by atoms with Gasteiger partial charge in [0.2, 0.25) is 0 Å². The Hall–Kier alpha value is -2.16. The summed E-state index contributed by atoms with van der Waals surface area (Å²) in [4.78, 5) is 12.5. The van der Waals surface area contributed by atoms with Gasteiger partial charge in [0.1, 0.15) is 11.6 Å². The summed E-state index contributed by atoms with van der Waals surface area (Å²) in [5.41, 5.74) is 1.96. The van der Waals surface area contributed by atoms with Gasteiger partial charge >= 0.3 is 5.97 Å². The number of carboxylic acid groups (broad SMARTS) is 1. The molecule has 1 N–H and O–H groups in total. The van der Waals surface area contributed by atoms with Crippen LogP contribution in [0.5, 0.6) is 0 Å². The molecule has 0 aliphatic rings. The maximum atomic E-state index is 10.7. The number of hydrogen-bond donors (Lipinski definition) is 1. The van der Waals surface area contributed by atoms with E-state index in [0.29, 0.717) is 23.6 Å². The van der Waals surface area contributed by atoms with Crippen molar-refractivity contribution in [3.63, 3.8) is 0 Å². The van der Waals surface area contributed by atoms with E-state index in [1.54, 1.807) is 11.8 Å². The zero-order valence-electron chi connectivity index (χ0n) is 11.6. The summed E-state index contributed by atoms with van der Waals surface area (Å²) in [5.74, 6) is -0.414. The highest BCUT2D eigenvalue weighted by Crippen LogP contribution is 2.23. The number of anilines is 1. The largest absolute Gasteiger partial charge is 0.481 e. The minimum absolute atomic E-state index is 0.00233. The fraction of sp³-hybridized carbons (Fsp3) is 0.538. The van der Waals surface area contributed by atoms with Crippen molar-refractivity contribution in [2.24, 2.45) is 0 Å². The first-order valence-electron chi connectivity index (χ1n) is 6.10. The van der Waals surface area contributed by atoms with Gasteiger partial charge in [0.25, 0.3) is 0 Å². The third kappa shape index (κ3) is 3.41. The lowest BCUT2D eigenvalue weighted by Gasteiger charge is -2.28. The lowest BCUT2D eigenvalue weighted by Crippen LogP contribution is -2.34. The van der Waals surface area contributed by atoms with Gasteiger partial charge in [-0.1, -0.05) is 0 Å². The molecule has 0 amide bonds. The number of aromatic nitrogens is 2. The molecule has 0 spiro atoms. The number of nitriles is 1. The standard InChI is InChI=1S/C13H18N4O2/c1-8(2)17(6-5-12(18)19)13-11(7-14)9(3)10(4)15-16-13/h8H,5-6H2,1-4H3,(H,18,19). The first-order chi connectivity index (χ1) is 8.88. The molecule has 6 heteroatoms. The van der Waals surface area contributed by atoms with Crippen molar-refractivity contribution in [1.29, 1.82) is 5.26 Å². The Bertz CT molecular complexity index is 520. The molecule has 0 saturated heterocycles. The van der Waals surface area contributed by atoms with Gasteiger partial charge in [-0.05, 0) is 33.3 Å². The number of carbonyl (C=O) groups is 1. The van der Waals surface area contributed by atoms with E-state index in [0.717, 1.165) is 5.56 Å². The third-order valence-corrected chi connectivity index (χ3v) is 3.01. The van der Waals surface area contributed by atoms with E-state index in [1.807, 2.05) is 20.8 Å². The van der Waals surface area contributed by atoms with Crippen LogP contribution in [0, 0.1) is 25.2 Å². The number of rotatable bonds is 5. The minimum Gasteiger partial charge on any atom is -0.481 e. The number of aryl methyl sites for hydroxylation is 1. The van der Waals surface area contributed by atoms with E-state index in [-0.39, 0.29) is 12.5 Å². The van der Waals surface area contributed by atoms with Crippen LogP contribution in [-0.2, 0) is 4.79 Å². The first-order valence-corrected chi connectivity index (χ1v) is 6.10. The molecule has 1 rings (SSSR count). The van der Waals surface area contributed by atoms with Crippen LogP contribution >= 0.6 is 0 Å². The van der Waals surface area contributed by atoms with Crippen molar-refractivity contribution in [3.8, 4) is 6.07 Å². The molecular formula is C13H18N4O2. The molecule has 0 radical (unpaired) electrons. The molecule has 0 bridgehead atoms. The summed E-state index contributed by atoms with van der Waals surface area (Å²) in [6, 6.07) is 2.18. The molecule has 0 fully saturated rings. The fourth-order valence-electron chi connectivity index (χ4n) is 1.76. The van der Waals surface area contributed by atoms with E-state index < -0.39 is 5.97 Å². The Kier molecular flexibility index (Phi) is 4.81. The maximum Gasteiger partial charge on any atom is 0.305 e. The van der Waals surface area contributed by atoms with Gasteiger partial charge in [-0.25, -0.2) is 0 Å². The van der Waals surface area contributed by atoms with Crippen molar-refractivity contribution < 1.29 is 9.90 Å². The lowest BCUT2D eigenvalue weighted by molar-refractivity contribution is -0.136. The molecule has 1 aromatic rings. The number of nitrogens with zero attached hydrogens (tertiary/aromatic N) is 4. The second kappa shape index (κ2) is 6.14. The molecule has 1 aromatic heterocycles. The van der Waals surface area contributed by atoms with Gasteiger partial charge in [-0.2, -0.15) is 10.4 Å². The van der Waals surface area contributed by atoms with Gasteiger partial charge in [0.15, 0.2) is 5.82 Å². The van der Waals surface area contributed by atoms with E-state index in [1.165, 1.54) is 0 Å². The van der Waals surface area contributed by atoms with Crippen LogP contribution < -0.4 is 4.90 Å². The summed E-state index contributed by atoms with van der Waals surface area (Å²) in [7, 11) is 0. The second-order valence-electron chi connectivity index (χ2n) is 4.65. The quantitative estimate of drug-likeness (QED) is 0.867. The predicted octanol–water partition coefficient (Wildman–Crippen LogP) is 1.65. The van der Waals surface area contributed by atoms with Crippen LogP contribution in [0.2, 0.25) is 0 Å². The molecule has 0 aromatic carbocycles. The summed E-state index contributed by atoms with van der Waals surface area (Å²) < 4.78 is 0. The Balaban J connectivity index is 3.20. The molecule has 0 saturated carbocycles. The normalized spacial score (nSPS) is 10.3. The van der Waals surface area contributed by atoms with Gasteiger partial charge in [-0.3, -0.25) is 4.79 Å². The van der Waals surface area contributed by atoms with Crippen molar-refractivity contribution in [2.45, 2.75) is 40.2 Å². The molecule has 1 heterocycles. The summed E-state index contributed by atoms with van der Waals surface area (Å²) in [6.45, 7) is 7.78. The Morgan fingerprint density at radius 1 is 1.42 bits per heavy atom. The van der Waals surface area contributed by atoms with E-state index in [9.17, 15) is 10.1 Å². The second-order valence-corrected chi connectivity index (χ2v) is 4.65. The van der Waals surface area contributed by atoms with Crippen LogP contribution in [0.1, 0.15) is 37.1 Å². The summed E-state index contributed by atoms with van der Waals surface area (Å²) >= 11 is 0. The minimum atomic E-state index is -0.874. The van der Waals surface area contributed by atoms with Crippen molar-refractivity contribution in [1.82, 2.24) is 10.2 Å². The average molecular weight is 262 g/mol. The Morgan fingerprint density at radius 3 is 2.53 bits per heavy atom. The lowest BCUT2D eigenvalue weighted by atomic mass is 10.1. The van der Waals surface area contributed by atoms with Crippen LogP contribution in [-0.4, -0.2) is 33.9 Å². The van der Waals surface area contributed by atoms with Crippen molar-refractivity contribution in [3.05, 3.63) is 16.8 Å². The molecule has 0 unspecified atom stereocenters. The molecule has 6 nitrogen and oxygen atoms in total. The highest BCUT2D eigenvalue weighted by Gasteiger charge is 2.20. The monoisotopic (exact) mass is 262 g/mol. The predicted molar refractivity (Wildman–Crippen MR) is 71.0 cm³/mol. The maximum absolute atomic E-state index is 10.7. The van der Waals surface area contributed by atoms with Gasteiger partial charge in [-0.15, -0.1) is 5.10 Å². The topological polar surface area (TPSA) is 90.1 Å². The van der Waals surface area contributed by atoms with Crippen molar-refractivity contribution in [2.75, 3.05) is 11.4 Å². The Morgan fingerprint density at radius 2 is 2.05 bits per heavy atom. The van der Waals surface area contributed by atoms with Gasteiger partial charge in [0, 0.05) is 12.6 Å². The van der Waals surface area contributed by atoms with Crippen LogP contribution in [0.15, 0.2) is 0 Å². The van der Waals surface area contributed by atoms with E-state index in [2.05, 4.69) is 16.3 Å². The molecule has 0 atom stereocenters.